The fraction of sp³-hybridized carbons (Fsp3) is 0.583. The Hall–Kier alpha value is -2.54. The Balaban J connectivity index is 1.25. The van der Waals surface area contributed by atoms with Gasteiger partial charge in [0, 0.05) is 31.4 Å². The molecule has 2 saturated heterocycles. The molecule has 0 bridgehead atoms. The second-order valence-corrected chi connectivity index (χ2v) is 9.18. The van der Waals surface area contributed by atoms with E-state index in [2.05, 4.69) is 11.5 Å². The van der Waals surface area contributed by atoms with Gasteiger partial charge in [-0.15, -0.1) is 0 Å². The van der Waals surface area contributed by atoms with Gasteiger partial charge in [0.1, 0.15) is 17.1 Å². The number of hydrogen-bond acceptors (Lipinski definition) is 4. The number of rotatable bonds is 4. The molecule has 0 aromatic carbocycles. The Kier molecular flexibility index (Phi) is 5.16. The van der Waals surface area contributed by atoms with E-state index in [0.717, 1.165) is 49.2 Å². The van der Waals surface area contributed by atoms with Gasteiger partial charge in [0.2, 0.25) is 0 Å². The first-order valence-electron chi connectivity index (χ1n) is 11.5. The molecule has 0 radical (unpaired) electrons. The largest absolute Gasteiger partial charge is 0.466 e. The van der Waals surface area contributed by atoms with Crippen LogP contribution in [0.4, 0.5) is 0 Å². The van der Waals surface area contributed by atoms with Gasteiger partial charge in [0.25, 0.3) is 11.8 Å². The Morgan fingerprint density at radius 1 is 1.06 bits per heavy atom. The lowest BCUT2D eigenvalue weighted by Crippen LogP contribution is -2.71. The van der Waals surface area contributed by atoms with E-state index < -0.39 is 5.60 Å². The van der Waals surface area contributed by atoms with Crippen molar-refractivity contribution in [3.05, 3.63) is 46.7 Å². The molecule has 166 valence electrons. The van der Waals surface area contributed by atoms with E-state index in [1.807, 2.05) is 35.1 Å². The average Bonchev–Trinajstić information content (AvgIpc) is 3.34. The van der Waals surface area contributed by atoms with Crippen LogP contribution in [0.5, 0.6) is 0 Å². The number of likely N-dealkylation sites (tertiary alicyclic amines) is 1. The molecule has 0 unspecified atom stereocenters. The van der Waals surface area contributed by atoms with Crippen LogP contribution >= 0.6 is 0 Å². The number of morpholine rings is 1. The molecule has 5 heterocycles. The minimum atomic E-state index is -0.451. The van der Waals surface area contributed by atoms with E-state index >= 15 is 0 Å². The molecule has 1 spiro atoms. The third kappa shape index (κ3) is 3.59. The normalized spacial score (nSPS) is 19.9. The minimum Gasteiger partial charge on any atom is -0.466 e. The number of fused-ring (bicyclic) bond motifs is 1. The number of aryl methyl sites for hydroxylation is 3. The van der Waals surface area contributed by atoms with Crippen LogP contribution in [0.1, 0.15) is 64.1 Å². The summed E-state index contributed by atoms with van der Waals surface area (Å²) in [5.41, 5.74) is 2.19. The summed E-state index contributed by atoms with van der Waals surface area (Å²) in [6, 6.07) is 3.84. The summed E-state index contributed by atoms with van der Waals surface area (Å²) < 4.78 is 14.1. The van der Waals surface area contributed by atoms with Gasteiger partial charge >= 0.3 is 0 Å². The molecule has 2 amide bonds. The fourth-order valence-electron chi connectivity index (χ4n) is 5.23. The lowest BCUT2D eigenvalue weighted by atomic mass is 9.90. The quantitative estimate of drug-likeness (QED) is 0.755. The van der Waals surface area contributed by atoms with Gasteiger partial charge in [-0.3, -0.25) is 9.59 Å². The summed E-state index contributed by atoms with van der Waals surface area (Å²) in [5, 5.41) is 0. The summed E-state index contributed by atoms with van der Waals surface area (Å²) in [6.07, 6.45) is 7.14. The van der Waals surface area contributed by atoms with Crippen LogP contribution in [0.2, 0.25) is 0 Å². The monoisotopic (exact) mass is 425 g/mol. The molecule has 0 aliphatic carbocycles. The highest BCUT2D eigenvalue weighted by molar-refractivity contribution is 5.97. The molecule has 7 nitrogen and oxygen atoms in total. The summed E-state index contributed by atoms with van der Waals surface area (Å²) in [5.74, 6) is 1.63. The zero-order chi connectivity index (χ0) is 21.6. The van der Waals surface area contributed by atoms with Crippen molar-refractivity contribution in [3.63, 3.8) is 0 Å². The first-order valence-corrected chi connectivity index (χ1v) is 11.5. The molecule has 0 saturated carbocycles. The van der Waals surface area contributed by atoms with Gasteiger partial charge in [-0.2, -0.15) is 0 Å². The van der Waals surface area contributed by atoms with Crippen LogP contribution in [0, 0.1) is 6.92 Å². The number of amides is 2. The number of furan rings is 1. The second-order valence-electron chi connectivity index (χ2n) is 9.18. The molecule has 2 fully saturated rings. The van der Waals surface area contributed by atoms with Gasteiger partial charge in [0.15, 0.2) is 0 Å². The third-order valence-electron chi connectivity index (χ3n) is 6.85. The van der Waals surface area contributed by atoms with Crippen molar-refractivity contribution in [3.8, 4) is 0 Å². The fourth-order valence-corrected chi connectivity index (χ4v) is 5.23. The van der Waals surface area contributed by atoms with E-state index in [0.29, 0.717) is 44.1 Å². The van der Waals surface area contributed by atoms with Crippen LogP contribution in [0.25, 0.3) is 0 Å². The highest BCUT2D eigenvalue weighted by Crippen LogP contribution is 2.33. The topological polar surface area (TPSA) is 67.9 Å². The maximum Gasteiger partial charge on any atom is 0.257 e. The molecule has 2 aromatic rings. The highest BCUT2D eigenvalue weighted by atomic mass is 16.5. The Morgan fingerprint density at radius 2 is 1.84 bits per heavy atom. The minimum absolute atomic E-state index is 0.00226. The molecular formula is C24H31N3O4. The van der Waals surface area contributed by atoms with Crippen LogP contribution in [0.3, 0.4) is 0 Å². The Morgan fingerprint density at radius 3 is 2.65 bits per heavy atom. The number of aromatic nitrogens is 1. The van der Waals surface area contributed by atoms with Crippen molar-refractivity contribution >= 4 is 11.8 Å². The summed E-state index contributed by atoms with van der Waals surface area (Å²) in [6.45, 7) is 7.58. The number of ether oxygens (including phenoxy) is 1. The van der Waals surface area contributed by atoms with Gasteiger partial charge in [-0.05, 0) is 44.7 Å². The zero-order valence-electron chi connectivity index (χ0n) is 18.5. The van der Waals surface area contributed by atoms with Crippen molar-refractivity contribution < 1.29 is 18.7 Å². The van der Waals surface area contributed by atoms with Crippen molar-refractivity contribution in [1.29, 1.82) is 0 Å². The second kappa shape index (κ2) is 7.86. The van der Waals surface area contributed by atoms with E-state index in [4.69, 9.17) is 9.15 Å². The summed E-state index contributed by atoms with van der Waals surface area (Å²) >= 11 is 0. The summed E-state index contributed by atoms with van der Waals surface area (Å²) in [7, 11) is 0. The van der Waals surface area contributed by atoms with E-state index in [9.17, 15) is 9.59 Å². The Labute approximate surface area is 182 Å². The predicted molar refractivity (Wildman–Crippen MR) is 115 cm³/mol. The molecule has 2 aromatic heterocycles. The molecule has 5 rings (SSSR count). The lowest BCUT2D eigenvalue weighted by molar-refractivity contribution is -0.164. The van der Waals surface area contributed by atoms with E-state index in [1.54, 1.807) is 0 Å². The SMILES string of the molecule is CCCc1cc(C(=O)N2CCOC3(C2)CN(C(=O)c2ccn4c2CCCC4)C3)c(C)o1. The van der Waals surface area contributed by atoms with Gasteiger partial charge in [-0.25, -0.2) is 0 Å². The first kappa shape index (κ1) is 20.4. The molecule has 3 aliphatic rings. The Bertz CT molecular complexity index is 999. The number of carbonyl (C=O) groups is 2. The van der Waals surface area contributed by atoms with Crippen molar-refractivity contribution in [2.75, 3.05) is 32.8 Å². The molecule has 31 heavy (non-hydrogen) atoms. The third-order valence-corrected chi connectivity index (χ3v) is 6.85. The maximum atomic E-state index is 13.2. The molecular weight excluding hydrogens is 394 g/mol. The maximum absolute atomic E-state index is 13.2. The summed E-state index contributed by atoms with van der Waals surface area (Å²) in [4.78, 5) is 30.0. The lowest BCUT2D eigenvalue weighted by Gasteiger charge is -2.53. The number of hydrogen-bond donors (Lipinski definition) is 0. The number of carbonyl (C=O) groups excluding carboxylic acids is 2. The molecule has 7 heteroatoms. The van der Waals surface area contributed by atoms with Crippen LogP contribution in [0.15, 0.2) is 22.7 Å². The average molecular weight is 426 g/mol. The first-order chi connectivity index (χ1) is 15.0. The number of nitrogens with zero attached hydrogens (tertiary/aromatic N) is 3. The van der Waals surface area contributed by atoms with Crippen LogP contribution in [-0.4, -0.2) is 64.6 Å². The predicted octanol–water partition coefficient (Wildman–Crippen LogP) is 3.05. The molecule has 0 atom stereocenters. The molecule has 0 N–H and O–H groups in total. The van der Waals surface area contributed by atoms with Gasteiger partial charge < -0.3 is 23.5 Å². The molecule has 3 aliphatic heterocycles. The van der Waals surface area contributed by atoms with Gasteiger partial charge in [-0.1, -0.05) is 6.92 Å². The highest BCUT2D eigenvalue weighted by Gasteiger charge is 2.50. The van der Waals surface area contributed by atoms with E-state index in [1.165, 1.54) is 6.42 Å². The van der Waals surface area contributed by atoms with E-state index in [-0.39, 0.29) is 11.8 Å². The van der Waals surface area contributed by atoms with Crippen molar-refractivity contribution in [1.82, 2.24) is 14.4 Å². The van der Waals surface area contributed by atoms with Gasteiger partial charge in [0.05, 0.1) is 37.4 Å². The van der Waals surface area contributed by atoms with Crippen molar-refractivity contribution in [2.24, 2.45) is 0 Å². The zero-order valence-corrected chi connectivity index (χ0v) is 18.5. The standard InChI is InChI=1S/C24H31N3O4/c1-3-6-18-13-20(17(2)31-18)23(29)26-11-12-30-24(14-26)15-27(16-24)22(28)19-8-10-25-9-5-4-7-21(19)25/h8,10,13H,3-7,9,11-12,14-16H2,1-2H3. The van der Waals surface area contributed by atoms with Crippen LogP contribution < -0.4 is 0 Å². The smallest absolute Gasteiger partial charge is 0.257 e. The van der Waals surface area contributed by atoms with Crippen LogP contribution in [-0.2, 0) is 24.1 Å². The van der Waals surface area contributed by atoms with Crippen molar-refractivity contribution in [2.45, 2.75) is 58.1 Å².